The molecule has 0 unspecified atom stereocenters. The van der Waals surface area contributed by atoms with Crippen LogP contribution in [-0.2, 0) is 10.0 Å². The second kappa shape index (κ2) is 8.78. The molecule has 4 rings (SSSR count). The van der Waals surface area contributed by atoms with Gasteiger partial charge in [0.15, 0.2) is 0 Å². The number of aromatic nitrogens is 1. The Morgan fingerprint density at radius 2 is 1.81 bits per heavy atom. The van der Waals surface area contributed by atoms with Gasteiger partial charge >= 0.3 is 0 Å². The first-order valence-electron chi connectivity index (χ1n) is 9.99. The highest BCUT2D eigenvalue weighted by atomic mass is 32.2. The number of nitrogens with zero attached hydrogens (tertiary/aromatic N) is 3. The fourth-order valence-corrected chi connectivity index (χ4v) is 5.14. The van der Waals surface area contributed by atoms with Crippen molar-refractivity contribution in [1.29, 1.82) is 0 Å². The number of anilines is 2. The molecule has 0 saturated carbocycles. The molecule has 0 bridgehead atoms. The largest absolute Gasteiger partial charge is 0.371 e. The quantitative estimate of drug-likeness (QED) is 0.608. The third-order valence-electron chi connectivity index (χ3n) is 5.26. The highest BCUT2D eigenvalue weighted by Crippen LogP contribution is 2.29. The predicted molar refractivity (Wildman–Crippen MR) is 124 cm³/mol. The number of sulfonamides is 1. The van der Waals surface area contributed by atoms with Crippen LogP contribution in [0.5, 0.6) is 0 Å². The number of rotatable bonds is 6. The molecule has 162 valence electrons. The predicted octanol–water partition coefficient (Wildman–Crippen LogP) is 3.91. The standard InChI is InChI=1S/C22H24N4O3S2/c1-25(2)31(28,29)18-9-10-20(26-12-3-4-13-26)19(15-18)21(27)24-17-7-5-16(6-8-17)22-23-11-14-30-22/h5-11,14-15H,3-4,12-13H2,1-2H3,(H,24,27). The molecule has 2 aromatic carbocycles. The van der Waals surface area contributed by atoms with Crippen molar-refractivity contribution in [2.75, 3.05) is 37.4 Å². The van der Waals surface area contributed by atoms with Gasteiger partial charge in [0.1, 0.15) is 5.01 Å². The summed E-state index contributed by atoms with van der Waals surface area (Å²) in [6.07, 6.45) is 3.86. The van der Waals surface area contributed by atoms with Crippen LogP contribution in [0.15, 0.2) is 58.9 Å². The maximum absolute atomic E-state index is 13.2. The lowest BCUT2D eigenvalue weighted by molar-refractivity contribution is 0.102. The monoisotopic (exact) mass is 456 g/mol. The van der Waals surface area contributed by atoms with Gasteiger partial charge in [0, 0.05) is 55.7 Å². The summed E-state index contributed by atoms with van der Waals surface area (Å²) >= 11 is 1.55. The molecular formula is C22H24N4O3S2. The van der Waals surface area contributed by atoms with E-state index < -0.39 is 10.0 Å². The first-order chi connectivity index (χ1) is 14.9. The first kappa shape index (κ1) is 21.5. The lowest BCUT2D eigenvalue weighted by Crippen LogP contribution is -2.25. The minimum atomic E-state index is -3.65. The summed E-state index contributed by atoms with van der Waals surface area (Å²) < 4.78 is 26.4. The maximum atomic E-state index is 13.2. The highest BCUT2D eigenvalue weighted by Gasteiger charge is 2.24. The second-order valence-electron chi connectivity index (χ2n) is 7.53. The van der Waals surface area contributed by atoms with E-state index in [-0.39, 0.29) is 10.8 Å². The summed E-state index contributed by atoms with van der Waals surface area (Å²) in [7, 11) is -0.688. The van der Waals surface area contributed by atoms with Gasteiger partial charge < -0.3 is 10.2 Å². The molecule has 3 aromatic rings. The van der Waals surface area contributed by atoms with Gasteiger partial charge in [-0.15, -0.1) is 11.3 Å². The molecule has 1 saturated heterocycles. The van der Waals surface area contributed by atoms with Crippen LogP contribution >= 0.6 is 11.3 Å². The van der Waals surface area contributed by atoms with E-state index >= 15 is 0 Å². The van der Waals surface area contributed by atoms with E-state index in [1.165, 1.54) is 20.2 Å². The molecule has 0 atom stereocenters. The molecule has 1 aliphatic rings. The van der Waals surface area contributed by atoms with Gasteiger partial charge in [-0.2, -0.15) is 0 Å². The smallest absolute Gasteiger partial charge is 0.257 e. The van der Waals surface area contributed by atoms with Crippen LogP contribution < -0.4 is 10.2 Å². The van der Waals surface area contributed by atoms with Crippen LogP contribution in [0.1, 0.15) is 23.2 Å². The van der Waals surface area contributed by atoms with E-state index in [4.69, 9.17) is 0 Å². The Morgan fingerprint density at radius 3 is 2.42 bits per heavy atom. The number of thiazole rings is 1. The zero-order chi connectivity index (χ0) is 22.0. The Hall–Kier alpha value is -2.75. The number of amides is 1. The van der Waals surface area contributed by atoms with Crippen LogP contribution in [0.4, 0.5) is 11.4 Å². The number of benzene rings is 2. The molecule has 7 nitrogen and oxygen atoms in total. The molecule has 31 heavy (non-hydrogen) atoms. The topological polar surface area (TPSA) is 82.6 Å². The fraction of sp³-hybridized carbons (Fsp3) is 0.273. The second-order valence-corrected chi connectivity index (χ2v) is 10.6. The number of hydrogen-bond donors (Lipinski definition) is 1. The lowest BCUT2D eigenvalue weighted by atomic mass is 10.1. The number of carbonyl (C=O) groups is 1. The summed E-state index contributed by atoms with van der Waals surface area (Å²) in [6, 6.07) is 12.2. The number of carbonyl (C=O) groups excluding carboxylic acids is 1. The molecule has 1 amide bonds. The molecule has 0 aliphatic carbocycles. The Bertz CT molecular complexity index is 1170. The van der Waals surface area contributed by atoms with Crippen LogP contribution in [0.25, 0.3) is 10.6 Å². The Balaban J connectivity index is 1.65. The number of hydrogen-bond acceptors (Lipinski definition) is 6. The van der Waals surface area contributed by atoms with Crippen molar-refractivity contribution >= 4 is 38.6 Å². The minimum absolute atomic E-state index is 0.102. The third kappa shape index (κ3) is 4.48. The Labute approximate surface area is 186 Å². The average molecular weight is 457 g/mol. The lowest BCUT2D eigenvalue weighted by Gasteiger charge is -2.22. The molecule has 1 fully saturated rings. The van der Waals surface area contributed by atoms with Crippen LogP contribution in [0.3, 0.4) is 0 Å². The Kier molecular flexibility index (Phi) is 6.08. The summed E-state index contributed by atoms with van der Waals surface area (Å²) in [6.45, 7) is 1.70. The zero-order valence-electron chi connectivity index (χ0n) is 17.4. The summed E-state index contributed by atoms with van der Waals surface area (Å²) in [4.78, 5) is 19.7. The number of nitrogens with one attached hydrogen (secondary N) is 1. The normalized spacial score (nSPS) is 14.2. The maximum Gasteiger partial charge on any atom is 0.257 e. The SMILES string of the molecule is CN(C)S(=O)(=O)c1ccc(N2CCCC2)c(C(=O)Nc2ccc(-c3nccs3)cc2)c1. The van der Waals surface area contributed by atoms with E-state index in [9.17, 15) is 13.2 Å². The third-order valence-corrected chi connectivity index (χ3v) is 7.89. The van der Waals surface area contributed by atoms with Gasteiger partial charge in [-0.05, 0) is 55.3 Å². The van der Waals surface area contributed by atoms with E-state index in [0.29, 0.717) is 11.3 Å². The molecule has 0 spiro atoms. The summed E-state index contributed by atoms with van der Waals surface area (Å²) in [5, 5.41) is 5.74. The van der Waals surface area contributed by atoms with Gasteiger partial charge in [0.25, 0.3) is 5.91 Å². The average Bonchev–Trinajstić information content (AvgIpc) is 3.48. The van der Waals surface area contributed by atoms with E-state index in [0.717, 1.165) is 46.5 Å². The van der Waals surface area contributed by atoms with Crippen LogP contribution in [0.2, 0.25) is 0 Å². The first-order valence-corrected chi connectivity index (χ1v) is 12.3. The van der Waals surface area contributed by atoms with Gasteiger partial charge in [-0.3, -0.25) is 4.79 Å². The van der Waals surface area contributed by atoms with Crippen LogP contribution in [-0.4, -0.2) is 50.8 Å². The van der Waals surface area contributed by atoms with Gasteiger partial charge in [0.05, 0.1) is 10.5 Å². The summed E-state index contributed by atoms with van der Waals surface area (Å²) in [5.74, 6) is -0.334. The molecular weight excluding hydrogens is 432 g/mol. The molecule has 2 heterocycles. The van der Waals surface area contributed by atoms with Gasteiger partial charge in [-0.1, -0.05) is 0 Å². The zero-order valence-corrected chi connectivity index (χ0v) is 19.0. The van der Waals surface area contributed by atoms with Crippen LogP contribution in [0, 0.1) is 0 Å². The highest BCUT2D eigenvalue weighted by molar-refractivity contribution is 7.89. The fourth-order valence-electron chi connectivity index (χ4n) is 3.56. The van der Waals surface area contributed by atoms with Crippen molar-refractivity contribution in [1.82, 2.24) is 9.29 Å². The molecule has 0 radical (unpaired) electrons. The van der Waals surface area contributed by atoms with Gasteiger partial charge in [-0.25, -0.2) is 17.7 Å². The van der Waals surface area contributed by atoms with Gasteiger partial charge in [0.2, 0.25) is 10.0 Å². The van der Waals surface area contributed by atoms with Crippen molar-refractivity contribution in [2.24, 2.45) is 0 Å². The van der Waals surface area contributed by atoms with Crippen molar-refractivity contribution in [3.63, 3.8) is 0 Å². The Morgan fingerprint density at radius 1 is 1.10 bits per heavy atom. The molecule has 1 aromatic heterocycles. The molecule has 1 aliphatic heterocycles. The minimum Gasteiger partial charge on any atom is -0.371 e. The van der Waals surface area contributed by atoms with E-state index in [2.05, 4.69) is 15.2 Å². The van der Waals surface area contributed by atoms with Crippen molar-refractivity contribution < 1.29 is 13.2 Å². The van der Waals surface area contributed by atoms with E-state index in [1.807, 2.05) is 29.6 Å². The molecule has 9 heteroatoms. The van der Waals surface area contributed by atoms with Crippen molar-refractivity contribution in [2.45, 2.75) is 17.7 Å². The molecule has 1 N–H and O–H groups in total. The van der Waals surface area contributed by atoms with Crippen molar-refractivity contribution in [3.05, 3.63) is 59.6 Å². The van der Waals surface area contributed by atoms with Crippen molar-refractivity contribution in [3.8, 4) is 10.6 Å². The summed E-state index contributed by atoms with van der Waals surface area (Å²) in [5.41, 5.74) is 2.73. The van der Waals surface area contributed by atoms with E-state index in [1.54, 1.807) is 29.7 Å².